The largest absolute Gasteiger partial charge is 0.497 e. The van der Waals surface area contributed by atoms with Gasteiger partial charge in [0, 0.05) is 20.1 Å². The number of benzene rings is 2. The molecule has 1 N–H and O–H groups in total. The van der Waals surface area contributed by atoms with Gasteiger partial charge in [0.2, 0.25) is 11.8 Å². The number of rotatable bonds is 8. The smallest absolute Gasteiger partial charge is 0.334 e. The van der Waals surface area contributed by atoms with E-state index in [0.717, 1.165) is 16.9 Å². The second-order valence-corrected chi connectivity index (χ2v) is 9.94. The minimum absolute atomic E-state index is 0.00223. The van der Waals surface area contributed by atoms with Crippen LogP contribution in [0.25, 0.3) is 0 Å². The number of urea groups is 1. The number of hydrazine groups is 1. The van der Waals surface area contributed by atoms with Gasteiger partial charge in [-0.25, -0.2) is 19.2 Å². The van der Waals surface area contributed by atoms with Crippen LogP contribution in [-0.2, 0) is 22.6 Å². The molecule has 4 rings (SSSR count). The Morgan fingerprint density at radius 3 is 2.39 bits per heavy atom. The third-order valence-electron chi connectivity index (χ3n) is 7.45. The van der Waals surface area contributed by atoms with Crippen LogP contribution in [0.4, 0.5) is 9.18 Å². The molecule has 2 aromatic rings. The van der Waals surface area contributed by atoms with Gasteiger partial charge in [0.25, 0.3) is 0 Å². The second-order valence-electron chi connectivity index (χ2n) is 9.94. The predicted octanol–water partition coefficient (Wildman–Crippen LogP) is 2.86. The van der Waals surface area contributed by atoms with Crippen molar-refractivity contribution in [1.29, 1.82) is 0 Å². The molecule has 0 aliphatic carbocycles. The Balaban J connectivity index is 1.55. The average molecular weight is 526 g/mol. The lowest BCUT2D eigenvalue weighted by molar-refractivity contribution is -0.190. The normalized spacial score (nSPS) is 20.8. The molecule has 204 valence electrons. The topological polar surface area (TPSA) is 85.4 Å². The summed E-state index contributed by atoms with van der Waals surface area (Å²) in [6.45, 7) is 4.85. The van der Waals surface area contributed by atoms with Gasteiger partial charge in [-0.1, -0.05) is 44.5 Å². The molecule has 3 atom stereocenters. The highest BCUT2D eigenvalue weighted by Crippen LogP contribution is 2.30. The van der Waals surface area contributed by atoms with Gasteiger partial charge in [0.05, 0.1) is 20.2 Å². The van der Waals surface area contributed by atoms with Crippen molar-refractivity contribution in [2.24, 2.45) is 5.92 Å². The molecule has 1 unspecified atom stereocenters. The van der Waals surface area contributed by atoms with Crippen molar-refractivity contribution < 1.29 is 23.5 Å². The molecule has 38 heavy (non-hydrogen) atoms. The van der Waals surface area contributed by atoms with Crippen LogP contribution >= 0.6 is 0 Å². The SMILES string of the molecule is CCC(C)[C@H]1C(=O)N(CCc2ccc(F)cc2)C[C@H]2N1C(=O)CN(C)N2C(=O)NCc1ccc(OC)cc1. The quantitative estimate of drug-likeness (QED) is 0.573. The van der Waals surface area contributed by atoms with Crippen LogP contribution in [0.3, 0.4) is 0 Å². The molecule has 9 nitrogen and oxygen atoms in total. The number of ether oxygens (including phenoxy) is 1. The molecule has 2 aliphatic heterocycles. The molecule has 0 radical (unpaired) electrons. The zero-order valence-corrected chi connectivity index (χ0v) is 22.4. The zero-order valence-electron chi connectivity index (χ0n) is 22.4. The molecule has 2 fully saturated rings. The van der Waals surface area contributed by atoms with Crippen LogP contribution in [0.15, 0.2) is 48.5 Å². The highest BCUT2D eigenvalue weighted by molar-refractivity contribution is 5.91. The van der Waals surface area contributed by atoms with Crippen molar-refractivity contribution in [1.82, 2.24) is 25.1 Å². The standard InChI is InChI=1S/C28H36FN5O4/c1-5-19(2)26-27(36)32(15-14-20-6-10-22(29)11-7-20)17-24-33(26)25(35)18-31(3)34(24)28(37)30-16-21-8-12-23(38-4)13-9-21/h6-13,19,24,26H,5,14-18H2,1-4H3,(H,30,37)/t19?,24-,26-/m0/s1. The molecule has 2 aliphatic rings. The summed E-state index contributed by atoms with van der Waals surface area (Å²) in [6, 6.07) is 12.6. The first kappa shape index (κ1) is 27.4. The molecule has 10 heteroatoms. The number of hydrogen-bond acceptors (Lipinski definition) is 5. The summed E-state index contributed by atoms with van der Waals surface area (Å²) in [4.78, 5) is 43.7. The molecule has 0 bridgehead atoms. The van der Waals surface area contributed by atoms with Gasteiger partial charge in [-0.3, -0.25) is 9.59 Å². The number of hydrogen-bond donors (Lipinski definition) is 1. The van der Waals surface area contributed by atoms with E-state index in [0.29, 0.717) is 25.9 Å². The number of methoxy groups -OCH3 is 1. The number of piperazine rings is 1. The minimum atomic E-state index is -0.662. The number of amides is 4. The van der Waals surface area contributed by atoms with Gasteiger partial charge < -0.3 is 19.9 Å². The van der Waals surface area contributed by atoms with Gasteiger partial charge in [-0.2, -0.15) is 0 Å². The maximum absolute atomic E-state index is 13.7. The van der Waals surface area contributed by atoms with Crippen molar-refractivity contribution in [2.75, 3.05) is 33.8 Å². The third-order valence-corrected chi connectivity index (χ3v) is 7.45. The van der Waals surface area contributed by atoms with E-state index < -0.39 is 12.2 Å². The molecule has 0 aromatic heterocycles. The Kier molecular flexibility index (Phi) is 8.51. The number of fused-ring (bicyclic) bond motifs is 1. The van der Waals surface area contributed by atoms with E-state index in [9.17, 15) is 18.8 Å². The average Bonchev–Trinajstić information content (AvgIpc) is 2.91. The maximum atomic E-state index is 13.7. The number of carbonyl (C=O) groups is 3. The molecule has 0 spiro atoms. The van der Waals surface area contributed by atoms with Crippen molar-refractivity contribution in [3.63, 3.8) is 0 Å². The van der Waals surface area contributed by atoms with Gasteiger partial charge >= 0.3 is 6.03 Å². The van der Waals surface area contributed by atoms with Crippen molar-refractivity contribution in [3.8, 4) is 5.75 Å². The van der Waals surface area contributed by atoms with Gasteiger partial charge in [-0.15, -0.1) is 0 Å². The highest BCUT2D eigenvalue weighted by Gasteiger charge is 2.51. The van der Waals surface area contributed by atoms with E-state index >= 15 is 0 Å². The fraction of sp³-hybridized carbons (Fsp3) is 0.464. The van der Waals surface area contributed by atoms with Crippen LogP contribution < -0.4 is 10.1 Å². The summed E-state index contributed by atoms with van der Waals surface area (Å²) in [5.41, 5.74) is 1.82. The van der Waals surface area contributed by atoms with Crippen molar-refractivity contribution in [2.45, 2.75) is 45.4 Å². The van der Waals surface area contributed by atoms with E-state index in [2.05, 4.69) is 5.32 Å². The lowest BCUT2D eigenvalue weighted by atomic mass is 9.92. The summed E-state index contributed by atoms with van der Waals surface area (Å²) >= 11 is 0. The molecule has 4 amide bonds. The highest BCUT2D eigenvalue weighted by atomic mass is 19.1. The first-order valence-electron chi connectivity index (χ1n) is 13.0. The lowest BCUT2D eigenvalue weighted by Crippen LogP contribution is -2.76. The first-order chi connectivity index (χ1) is 18.2. The minimum Gasteiger partial charge on any atom is -0.497 e. The number of nitrogens with zero attached hydrogens (tertiary/aromatic N) is 4. The molecular weight excluding hydrogens is 489 g/mol. The Bertz CT molecular complexity index is 1140. The Hall–Kier alpha value is -3.66. The van der Waals surface area contributed by atoms with Crippen LogP contribution in [-0.4, -0.2) is 83.7 Å². The summed E-state index contributed by atoms with van der Waals surface area (Å²) in [7, 11) is 3.31. The monoisotopic (exact) mass is 525 g/mol. The Morgan fingerprint density at radius 1 is 1.11 bits per heavy atom. The first-order valence-corrected chi connectivity index (χ1v) is 13.0. The lowest BCUT2D eigenvalue weighted by Gasteiger charge is -2.55. The number of likely N-dealkylation sites (N-methyl/N-ethyl adjacent to an activating group) is 1. The number of nitrogens with one attached hydrogen (secondary N) is 1. The van der Waals surface area contributed by atoms with Gasteiger partial charge in [0.1, 0.15) is 23.8 Å². The van der Waals surface area contributed by atoms with Crippen molar-refractivity contribution in [3.05, 3.63) is 65.5 Å². The van der Waals surface area contributed by atoms with E-state index in [1.54, 1.807) is 46.1 Å². The van der Waals surface area contributed by atoms with Crippen LogP contribution in [0, 0.1) is 11.7 Å². The van der Waals surface area contributed by atoms with E-state index in [1.807, 2.05) is 38.1 Å². The maximum Gasteiger partial charge on any atom is 0.334 e. The summed E-state index contributed by atoms with van der Waals surface area (Å²) in [5.74, 6) is 0.0435. The van der Waals surface area contributed by atoms with E-state index in [4.69, 9.17) is 4.74 Å². The number of carbonyl (C=O) groups excluding carboxylic acids is 3. The molecule has 2 heterocycles. The fourth-order valence-corrected chi connectivity index (χ4v) is 5.11. The van der Waals surface area contributed by atoms with E-state index in [-0.39, 0.29) is 42.7 Å². The van der Waals surface area contributed by atoms with E-state index in [1.165, 1.54) is 12.1 Å². The predicted molar refractivity (Wildman–Crippen MR) is 140 cm³/mol. The van der Waals surface area contributed by atoms with Gasteiger partial charge in [0.15, 0.2) is 0 Å². The summed E-state index contributed by atoms with van der Waals surface area (Å²) < 4.78 is 18.5. The van der Waals surface area contributed by atoms with Crippen LogP contribution in [0.1, 0.15) is 31.4 Å². The molecule has 0 saturated carbocycles. The zero-order chi connectivity index (χ0) is 27.4. The van der Waals surface area contributed by atoms with Gasteiger partial charge in [-0.05, 0) is 47.7 Å². The molecule has 2 saturated heterocycles. The van der Waals surface area contributed by atoms with Crippen LogP contribution in [0.2, 0.25) is 0 Å². The van der Waals surface area contributed by atoms with Crippen LogP contribution in [0.5, 0.6) is 5.75 Å². The summed E-state index contributed by atoms with van der Waals surface area (Å²) in [5, 5.41) is 6.13. The van der Waals surface area contributed by atoms with Crippen molar-refractivity contribution >= 4 is 17.8 Å². The molecule has 2 aromatic carbocycles. The Morgan fingerprint density at radius 2 is 1.76 bits per heavy atom. The Labute approximate surface area is 223 Å². The second kappa shape index (κ2) is 11.8. The third kappa shape index (κ3) is 5.75. The summed E-state index contributed by atoms with van der Waals surface area (Å²) in [6.07, 6.45) is 0.611. The fourth-order valence-electron chi connectivity index (χ4n) is 5.11. The number of halogens is 1. The molecular formula is C28H36FN5O4.